The van der Waals surface area contributed by atoms with E-state index in [0.29, 0.717) is 0 Å². The molecular formula is C12H11F2N3O. The Labute approximate surface area is 102 Å². The normalized spacial score (nSPS) is 10.9. The Balaban J connectivity index is 2.66. The van der Waals surface area contributed by atoms with Gasteiger partial charge in [-0.2, -0.15) is 0 Å². The molecule has 0 fully saturated rings. The standard InChI is InChI=1S/C12H11F2N3O/c1-6(2)10-9(18)3-8(11(13)12(10)14)7-4-15-17-16-5-7/h3-6,18H,1-2H3. The number of nitrogens with zero attached hydrogens (tertiary/aromatic N) is 3. The summed E-state index contributed by atoms with van der Waals surface area (Å²) >= 11 is 0. The number of hydrogen-bond acceptors (Lipinski definition) is 4. The van der Waals surface area contributed by atoms with E-state index >= 15 is 0 Å². The van der Waals surface area contributed by atoms with Crippen LogP contribution in [0.3, 0.4) is 0 Å². The topological polar surface area (TPSA) is 58.9 Å². The van der Waals surface area contributed by atoms with Gasteiger partial charge in [0.05, 0.1) is 12.4 Å². The van der Waals surface area contributed by atoms with Crippen molar-refractivity contribution in [2.75, 3.05) is 0 Å². The van der Waals surface area contributed by atoms with Gasteiger partial charge in [0.1, 0.15) is 5.75 Å². The smallest absolute Gasteiger partial charge is 0.167 e. The summed E-state index contributed by atoms with van der Waals surface area (Å²) in [6, 6.07) is 1.17. The van der Waals surface area contributed by atoms with Gasteiger partial charge in [0.2, 0.25) is 0 Å². The monoisotopic (exact) mass is 251 g/mol. The fourth-order valence-corrected chi connectivity index (χ4v) is 1.76. The number of halogens is 2. The minimum atomic E-state index is -1.04. The first-order valence-corrected chi connectivity index (χ1v) is 5.37. The molecule has 1 heterocycles. The van der Waals surface area contributed by atoms with Crippen molar-refractivity contribution in [3.63, 3.8) is 0 Å². The van der Waals surface area contributed by atoms with E-state index in [1.54, 1.807) is 13.8 Å². The predicted octanol–water partition coefficient (Wildman–Crippen LogP) is 2.65. The number of aromatic nitrogens is 3. The molecule has 0 spiro atoms. The van der Waals surface area contributed by atoms with Crippen LogP contribution in [0.5, 0.6) is 5.75 Å². The quantitative estimate of drug-likeness (QED) is 0.891. The molecule has 0 atom stereocenters. The van der Waals surface area contributed by atoms with Gasteiger partial charge in [0.15, 0.2) is 11.6 Å². The third kappa shape index (κ3) is 2.01. The molecule has 0 bridgehead atoms. The Morgan fingerprint density at radius 2 is 1.72 bits per heavy atom. The van der Waals surface area contributed by atoms with Crippen LogP contribution in [0.2, 0.25) is 0 Å². The van der Waals surface area contributed by atoms with Crippen LogP contribution in [0.4, 0.5) is 8.78 Å². The SMILES string of the molecule is CC(C)c1c(O)cc(-c2cnnnc2)c(F)c1F. The Kier molecular flexibility index (Phi) is 3.18. The van der Waals surface area contributed by atoms with Crippen LogP contribution in [0, 0.1) is 11.6 Å². The summed E-state index contributed by atoms with van der Waals surface area (Å²) in [6.07, 6.45) is 2.50. The molecule has 1 N–H and O–H groups in total. The Morgan fingerprint density at radius 3 is 2.28 bits per heavy atom. The summed E-state index contributed by atoms with van der Waals surface area (Å²) in [5.74, 6) is -2.67. The van der Waals surface area contributed by atoms with Crippen molar-refractivity contribution < 1.29 is 13.9 Å². The largest absolute Gasteiger partial charge is 0.508 e. The van der Waals surface area contributed by atoms with Crippen molar-refractivity contribution in [2.45, 2.75) is 19.8 Å². The number of benzene rings is 1. The van der Waals surface area contributed by atoms with Gasteiger partial charge >= 0.3 is 0 Å². The zero-order chi connectivity index (χ0) is 13.3. The summed E-state index contributed by atoms with van der Waals surface area (Å²) in [5, 5.41) is 20.1. The highest BCUT2D eigenvalue weighted by Gasteiger charge is 2.21. The van der Waals surface area contributed by atoms with Gasteiger partial charge in [0, 0.05) is 16.7 Å². The van der Waals surface area contributed by atoms with E-state index < -0.39 is 11.6 Å². The van der Waals surface area contributed by atoms with E-state index in [1.807, 2.05) is 0 Å². The number of hydrogen-bond donors (Lipinski definition) is 1. The van der Waals surface area contributed by atoms with Crippen molar-refractivity contribution in [3.05, 3.63) is 35.7 Å². The number of phenols is 1. The lowest BCUT2D eigenvalue weighted by molar-refractivity contribution is 0.437. The first-order chi connectivity index (χ1) is 8.52. The molecule has 2 aromatic rings. The third-order valence-corrected chi connectivity index (χ3v) is 2.61. The zero-order valence-corrected chi connectivity index (χ0v) is 9.85. The van der Waals surface area contributed by atoms with E-state index in [4.69, 9.17) is 0 Å². The van der Waals surface area contributed by atoms with Crippen LogP contribution in [-0.4, -0.2) is 20.5 Å². The highest BCUT2D eigenvalue weighted by atomic mass is 19.2. The molecule has 94 valence electrons. The minimum Gasteiger partial charge on any atom is -0.508 e. The molecule has 0 saturated carbocycles. The second-order valence-corrected chi connectivity index (χ2v) is 4.17. The maximum atomic E-state index is 13.9. The zero-order valence-electron chi connectivity index (χ0n) is 9.85. The molecule has 0 aliphatic carbocycles. The maximum absolute atomic E-state index is 13.9. The van der Waals surface area contributed by atoms with Crippen molar-refractivity contribution in [3.8, 4) is 16.9 Å². The van der Waals surface area contributed by atoms with Crippen LogP contribution in [0.15, 0.2) is 18.5 Å². The molecule has 2 rings (SSSR count). The molecule has 0 unspecified atom stereocenters. The summed E-state index contributed by atoms with van der Waals surface area (Å²) in [6.45, 7) is 3.35. The minimum absolute atomic E-state index is 0.0359. The lowest BCUT2D eigenvalue weighted by Gasteiger charge is -2.13. The molecule has 0 amide bonds. The van der Waals surface area contributed by atoms with Gasteiger partial charge in [-0.05, 0) is 17.2 Å². The first kappa shape index (κ1) is 12.3. The molecule has 6 heteroatoms. The molecule has 0 radical (unpaired) electrons. The van der Waals surface area contributed by atoms with Gasteiger partial charge < -0.3 is 5.11 Å². The van der Waals surface area contributed by atoms with Crippen LogP contribution >= 0.6 is 0 Å². The second kappa shape index (κ2) is 4.64. The van der Waals surface area contributed by atoms with Gasteiger partial charge in [-0.15, -0.1) is 10.2 Å². The summed E-state index contributed by atoms with van der Waals surface area (Å²) in [5.41, 5.74) is 0.134. The average Bonchev–Trinajstić information content (AvgIpc) is 2.34. The first-order valence-electron chi connectivity index (χ1n) is 5.37. The van der Waals surface area contributed by atoms with E-state index in [2.05, 4.69) is 15.4 Å². The Bertz CT molecular complexity index is 573. The molecule has 0 saturated heterocycles. The van der Waals surface area contributed by atoms with Crippen LogP contribution in [0.1, 0.15) is 25.3 Å². The van der Waals surface area contributed by atoms with Crippen LogP contribution in [0.25, 0.3) is 11.1 Å². The highest BCUT2D eigenvalue weighted by molar-refractivity contribution is 5.65. The highest BCUT2D eigenvalue weighted by Crippen LogP contribution is 2.35. The lowest BCUT2D eigenvalue weighted by atomic mass is 9.97. The van der Waals surface area contributed by atoms with Crippen LogP contribution < -0.4 is 0 Å². The fourth-order valence-electron chi connectivity index (χ4n) is 1.76. The van der Waals surface area contributed by atoms with Crippen molar-refractivity contribution in [2.24, 2.45) is 0 Å². The summed E-state index contributed by atoms with van der Waals surface area (Å²) in [4.78, 5) is 0. The second-order valence-electron chi connectivity index (χ2n) is 4.17. The van der Waals surface area contributed by atoms with Crippen LogP contribution in [-0.2, 0) is 0 Å². The summed E-state index contributed by atoms with van der Waals surface area (Å²) in [7, 11) is 0. The Hall–Kier alpha value is -2.11. The molecule has 1 aromatic carbocycles. The van der Waals surface area contributed by atoms with Crippen molar-refractivity contribution in [1.82, 2.24) is 15.4 Å². The number of aromatic hydroxyl groups is 1. The van der Waals surface area contributed by atoms with Crippen molar-refractivity contribution in [1.29, 1.82) is 0 Å². The van der Waals surface area contributed by atoms with Gasteiger partial charge in [-0.3, -0.25) is 0 Å². The van der Waals surface area contributed by atoms with E-state index in [-0.39, 0.29) is 28.4 Å². The van der Waals surface area contributed by atoms with Crippen molar-refractivity contribution >= 4 is 0 Å². The van der Waals surface area contributed by atoms with Gasteiger partial charge in [-0.25, -0.2) is 8.78 Å². The van der Waals surface area contributed by atoms with Gasteiger partial charge in [-0.1, -0.05) is 13.8 Å². The lowest BCUT2D eigenvalue weighted by Crippen LogP contribution is -2.00. The van der Waals surface area contributed by atoms with Gasteiger partial charge in [0.25, 0.3) is 0 Å². The predicted molar refractivity (Wildman–Crippen MR) is 60.9 cm³/mol. The fraction of sp³-hybridized carbons (Fsp3) is 0.250. The van der Waals surface area contributed by atoms with E-state index in [1.165, 1.54) is 18.5 Å². The Morgan fingerprint density at radius 1 is 1.11 bits per heavy atom. The van der Waals surface area contributed by atoms with E-state index in [9.17, 15) is 13.9 Å². The molecule has 18 heavy (non-hydrogen) atoms. The number of rotatable bonds is 2. The number of phenolic OH excluding ortho intramolecular Hbond substituents is 1. The molecule has 0 aliphatic rings. The van der Waals surface area contributed by atoms with E-state index in [0.717, 1.165) is 0 Å². The molecule has 1 aromatic heterocycles. The average molecular weight is 251 g/mol. The third-order valence-electron chi connectivity index (χ3n) is 2.61. The molecule has 0 aliphatic heterocycles. The molecular weight excluding hydrogens is 240 g/mol. The maximum Gasteiger partial charge on any atom is 0.167 e. The molecule has 4 nitrogen and oxygen atoms in total. The summed E-state index contributed by atoms with van der Waals surface area (Å²) < 4.78 is 27.8.